The summed E-state index contributed by atoms with van der Waals surface area (Å²) in [5.41, 5.74) is 0.415. The van der Waals surface area contributed by atoms with Crippen LogP contribution in [-0.4, -0.2) is 40.8 Å². The minimum Gasteiger partial charge on any atom is -0.392 e. The van der Waals surface area contributed by atoms with Crippen LogP contribution in [0.25, 0.3) is 0 Å². The van der Waals surface area contributed by atoms with Crippen molar-refractivity contribution in [1.29, 1.82) is 0 Å². The third-order valence-corrected chi connectivity index (χ3v) is 4.01. The van der Waals surface area contributed by atoms with Gasteiger partial charge in [0.05, 0.1) is 6.10 Å². The molecule has 19 heavy (non-hydrogen) atoms. The maximum Gasteiger partial charge on any atom is 0.317 e. The zero-order valence-electron chi connectivity index (χ0n) is 13.1. The van der Waals surface area contributed by atoms with Gasteiger partial charge in [-0.1, -0.05) is 13.8 Å². The Hall–Kier alpha value is -0.770. The highest BCUT2D eigenvalue weighted by atomic mass is 16.3. The van der Waals surface area contributed by atoms with E-state index in [1.807, 2.05) is 13.8 Å². The van der Waals surface area contributed by atoms with Crippen LogP contribution in [0.2, 0.25) is 0 Å². The number of aliphatic hydroxyl groups is 1. The predicted molar refractivity (Wildman–Crippen MR) is 78.1 cm³/mol. The second kappa shape index (κ2) is 6.60. The molecule has 112 valence electrons. The van der Waals surface area contributed by atoms with Crippen molar-refractivity contribution in [2.75, 3.05) is 6.54 Å². The summed E-state index contributed by atoms with van der Waals surface area (Å²) in [4.78, 5) is 14.0. The van der Waals surface area contributed by atoms with E-state index in [9.17, 15) is 9.90 Å². The summed E-state index contributed by atoms with van der Waals surface area (Å²) in [5.74, 6) is 0. The molecular weight excluding hydrogens is 240 g/mol. The molecule has 1 unspecified atom stereocenters. The van der Waals surface area contributed by atoms with Crippen LogP contribution >= 0.6 is 0 Å². The van der Waals surface area contributed by atoms with Crippen molar-refractivity contribution < 1.29 is 9.90 Å². The Kier molecular flexibility index (Phi) is 5.65. The van der Waals surface area contributed by atoms with Gasteiger partial charge in [-0.25, -0.2) is 4.79 Å². The highest BCUT2D eigenvalue weighted by Crippen LogP contribution is 2.35. The van der Waals surface area contributed by atoms with Crippen LogP contribution in [0.15, 0.2) is 0 Å². The normalized spacial score (nSPS) is 21.2. The van der Waals surface area contributed by atoms with E-state index in [-0.39, 0.29) is 18.1 Å². The van der Waals surface area contributed by atoms with Gasteiger partial charge in [0.25, 0.3) is 0 Å². The maximum absolute atomic E-state index is 12.3. The van der Waals surface area contributed by atoms with Crippen LogP contribution in [-0.2, 0) is 0 Å². The third kappa shape index (κ3) is 5.39. The summed E-state index contributed by atoms with van der Waals surface area (Å²) in [6.45, 7) is 10.6. The van der Waals surface area contributed by atoms with Gasteiger partial charge < -0.3 is 15.3 Å². The molecule has 0 spiro atoms. The van der Waals surface area contributed by atoms with Crippen LogP contribution in [0.5, 0.6) is 0 Å². The lowest BCUT2D eigenvalue weighted by atomic mass is 9.75. The first-order valence-corrected chi connectivity index (χ1v) is 7.46. The molecule has 2 amide bonds. The summed E-state index contributed by atoms with van der Waals surface area (Å²) in [7, 11) is 0. The number of carbonyl (C=O) groups excluding carboxylic acids is 1. The van der Waals surface area contributed by atoms with Crippen LogP contribution in [0.1, 0.15) is 60.3 Å². The van der Waals surface area contributed by atoms with Crippen LogP contribution < -0.4 is 5.32 Å². The number of hydrogen-bond donors (Lipinski definition) is 2. The van der Waals surface area contributed by atoms with Crippen LogP contribution in [0, 0.1) is 5.41 Å². The van der Waals surface area contributed by atoms with Crippen molar-refractivity contribution in [1.82, 2.24) is 10.2 Å². The monoisotopic (exact) mass is 270 g/mol. The molecule has 0 radical (unpaired) electrons. The Morgan fingerprint density at radius 3 is 2.26 bits per heavy atom. The average molecular weight is 270 g/mol. The van der Waals surface area contributed by atoms with Crippen molar-refractivity contribution in [2.24, 2.45) is 5.41 Å². The number of urea groups is 1. The molecule has 4 heteroatoms. The molecule has 0 aromatic heterocycles. The molecule has 0 aromatic rings. The summed E-state index contributed by atoms with van der Waals surface area (Å²) >= 11 is 0. The van der Waals surface area contributed by atoms with Crippen LogP contribution in [0.3, 0.4) is 0 Å². The Balaban J connectivity index is 2.48. The number of amides is 2. The number of carbonyl (C=O) groups is 1. The first-order chi connectivity index (χ1) is 8.71. The molecule has 4 nitrogen and oxygen atoms in total. The summed E-state index contributed by atoms with van der Waals surface area (Å²) < 4.78 is 0. The Labute approximate surface area is 117 Å². The summed E-state index contributed by atoms with van der Waals surface area (Å²) in [6.07, 6.45) is 3.95. The van der Waals surface area contributed by atoms with Gasteiger partial charge in [-0.3, -0.25) is 0 Å². The first-order valence-electron chi connectivity index (χ1n) is 7.46. The van der Waals surface area contributed by atoms with Crippen LogP contribution in [0.4, 0.5) is 4.79 Å². The Bertz CT molecular complexity index is 291. The van der Waals surface area contributed by atoms with E-state index in [1.165, 1.54) is 0 Å². The number of hydrogen-bond acceptors (Lipinski definition) is 2. The van der Waals surface area contributed by atoms with E-state index in [0.29, 0.717) is 12.0 Å². The van der Waals surface area contributed by atoms with Crippen molar-refractivity contribution in [3.05, 3.63) is 0 Å². The lowest BCUT2D eigenvalue weighted by Crippen LogP contribution is -2.50. The van der Waals surface area contributed by atoms with Gasteiger partial charge in [0.15, 0.2) is 0 Å². The molecule has 0 saturated heterocycles. The van der Waals surface area contributed by atoms with E-state index >= 15 is 0 Å². The van der Waals surface area contributed by atoms with E-state index in [0.717, 1.165) is 25.7 Å². The fourth-order valence-electron chi connectivity index (χ4n) is 2.61. The molecule has 1 atom stereocenters. The third-order valence-electron chi connectivity index (χ3n) is 4.01. The molecule has 0 bridgehead atoms. The lowest BCUT2D eigenvalue weighted by molar-refractivity contribution is 0.114. The number of nitrogens with zero attached hydrogens (tertiary/aromatic N) is 1. The Morgan fingerprint density at radius 2 is 1.84 bits per heavy atom. The zero-order chi connectivity index (χ0) is 14.6. The second-order valence-electron chi connectivity index (χ2n) is 6.98. The topological polar surface area (TPSA) is 52.6 Å². The highest BCUT2D eigenvalue weighted by molar-refractivity contribution is 5.74. The van der Waals surface area contributed by atoms with Gasteiger partial charge in [-0.2, -0.15) is 0 Å². The molecule has 2 N–H and O–H groups in total. The van der Waals surface area contributed by atoms with Crippen molar-refractivity contribution in [3.8, 4) is 0 Å². The molecule has 1 rings (SSSR count). The predicted octanol–water partition coefficient (Wildman–Crippen LogP) is 2.76. The largest absolute Gasteiger partial charge is 0.392 e. The number of rotatable bonds is 4. The SMILES string of the molecule is CC(O)CN(C(=O)NC1CCC(C)(C)CC1)C(C)C. The molecule has 1 aliphatic rings. The second-order valence-corrected chi connectivity index (χ2v) is 6.98. The minimum absolute atomic E-state index is 0.0411. The van der Waals surface area contributed by atoms with Gasteiger partial charge in [0.1, 0.15) is 0 Å². The summed E-state index contributed by atoms with van der Waals surface area (Å²) in [6, 6.07) is 0.353. The summed E-state index contributed by atoms with van der Waals surface area (Å²) in [5, 5.41) is 12.6. The van der Waals surface area contributed by atoms with E-state index in [1.54, 1.807) is 11.8 Å². The zero-order valence-corrected chi connectivity index (χ0v) is 13.1. The number of aliphatic hydroxyl groups excluding tert-OH is 1. The van der Waals surface area contributed by atoms with Gasteiger partial charge >= 0.3 is 6.03 Å². The van der Waals surface area contributed by atoms with Gasteiger partial charge in [0.2, 0.25) is 0 Å². The van der Waals surface area contributed by atoms with Crippen molar-refractivity contribution >= 4 is 6.03 Å². The molecule has 1 fully saturated rings. The van der Waals surface area contributed by atoms with E-state index < -0.39 is 6.10 Å². The highest BCUT2D eigenvalue weighted by Gasteiger charge is 2.29. The average Bonchev–Trinajstić information content (AvgIpc) is 2.28. The molecule has 1 saturated carbocycles. The quantitative estimate of drug-likeness (QED) is 0.825. The maximum atomic E-state index is 12.3. The fourth-order valence-corrected chi connectivity index (χ4v) is 2.61. The molecular formula is C15H30N2O2. The van der Waals surface area contributed by atoms with E-state index in [4.69, 9.17) is 0 Å². The van der Waals surface area contributed by atoms with Gasteiger partial charge in [-0.05, 0) is 51.9 Å². The smallest absolute Gasteiger partial charge is 0.317 e. The van der Waals surface area contributed by atoms with Gasteiger partial charge in [0, 0.05) is 18.6 Å². The van der Waals surface area contributed by atoms with Crippen molar-refractivity contribution in [2.45, 2.75) is 78.5 Å². The van der Waals surface area contributed by atoms with Gasteiger partial charge in [-0.15, -0.1) is 0 Å². The molecule has 0 heterocycles. The van der Waals surface area contributed by atoms with E-state index in [2.05, 4.69) is 19.2 Å². The fraction of sp³-hybridized carbons (Fsp3) is 0.933. The van der Waals surface area contributed by atoms with Crippen molar-refractivity contribution in [3.63, 3.8) is 0 Å². The lowest BCUT2D eigenvalue weighted by Gasteiger charge is -2.36. The molecule has 1 aliphatic carbocycles. The first kappa shape index (κ1) is 16.3. The molecule has 0 aromatic carbocycles. The standard InChI is InChI=1S/C15H30N2O2/c1-11(2)17(10-12(3)18)14(19)16-13-6-8-15(4,5)9-7-13/h11-13,18H,6-10H2,1-5H3,(H,16,19). The molecule has 0 aliphatic heterocycles. The Morgan fingerprint density at radius 1 is 1.32 bits per heavy atom. The number of nitrogens with one attached hydrogen (secondary N) is 1. The minimum atomic E-state index is -0.488.